The number of sulfonamides is 1. The minimum atomic E-state index is -4.82. The summed E-state index contributed by atoms with van der Waals surface area (Å²) in [4.78, 5) is 16.0. The van der Waals surface area contributed by atoms with Crippen LogP contribution in [0.2, 0.25) is 0 Å². The number of benzene rings is 2. The third-order valence-electron chi connectivity index (χ3n) is 5.66. The number of fused-ring (bicyclic) bond motifs is 1. The van der Waals surface area contributed by atoms with Gasteiger partial charge in [-0.1, -0.05) is 30.3 Å². The summed E-state index contributed by atoms with van der Waals surface area (Å²) < 4.78 is 107. The van der Waals surface area contributed by atoms with Crippen LogP contribution in [0.1, 0.15) is 22.8 Å². The van der Waals surface area contributed by atoms with Gasteiger partial charge < -0.3 is 5.73 Å². The van der Waals surface area contributed by atoms with Crippen molar-refractivity contribution in [2.75, 3.05) is 0 Å². The topological polar surface area (TPSA) is 107 Å². The highest BCUT2D eigenvalue weighted by atomic mass is 32.2. The second-order valence-corrected chi connectivity index (χ2v) is 9.97. The first kappa shape index (κ1) is 27.1. The zero-order valence-electron chi connectivity index (χ0n) is 19.3. The third-order valence-corrected chi connectivity index (χ3v) is 7.21. The molecule has 0 aliphatic heterocycles. The highest BCUT2D eigenvalue weighted by Gasteiger charge is 2.39. The van der Waals surface area contributed by atoms with Gasteiger partial charge in [-0.3, -0.25) is 9.36 Å². The maximum Gasteiger partial charge on any atom is 0.417 e. The fourth-order valence-corrected chi connectivity index (χ4v) is 5.06. The van der Waals surface area contributed by atoms with E-state index < -0.39 is 44.8 Å². The molecule has 0 aliphatic carbocycles. The number of para-hydroxylation sites is 1. The van der Waals surface area contributed by atoms with Crippen LogP contribution < -0.4 is 10.5 Å². The molecule has 2 aromatic heterocycles. The first-order valence-corrected chi connectivity index (χ1v) is 12.3. The average molecular weight is 556 g/mol. The van der Waals surface area contributed by atoms with Gasteiger partial charge >= 0.3 is 12.4 Å². The molecule has 0 radical (unpaired) electrons. The molecule has 1 amide bonds. The van der Waals surface area contributed by atoms with Crippen LogP contribution in [0.3, 0.4) is 0 Å². The zero-order valence-corrected chi connectivity index (χ0v) is 20.1. The number of nitrogens with zero attached hydrogens (tertiary/aromatic N) is 2. The normalized spacial score (nSPS) is 13.6. The van der Waals surface area contributed by atoms with Gasteiger partial charge in [-0.2, -0.15) is 31.1 Å². The Morgan fingerprint density at radius 2 is 1.61 bits per heavy atom. The lowest BCUT2D eigenvalue weighted by atomic mass is 10.0. The number of halogens is 6. The van der Waals surface area contributed by atoms with E-state index in [4.69, 9.17) is 5.73 Å². The monoisotopic (exact) mass is 556 g/mol. The molecule has 1 atom stereocenters. The predicted octanol–water partition coefficient (Wildman–Crippen LogP) is 5.04. The summed E-state index contributed by atoms with van der Waals surface area (Å²) in [6, 6.07) is 11.0. The van der Waals surface area contributed by atoms with Crippen LogP contribution in [0.5, 0.6) is 0 Å². The molecule has 14 heteroatoms. The maximum atomic E-state index is 13.4. The van der Waals surface area contributed by atoms with E-state index in [-0.39, 0.29) is 27.9 Å². The molecular formula is C24H18F6N4O3S. The molecule has 0 saturated carbocycles. The quantitative estimate of drug-likeness (QED) is 0.325. The van der Waals surface area contributed by atoms with E-state index in [9.17, 15) is 39.6 Å². The Labute approximate surface area is 211 Å². The standard InChI is InChI=1S/C24H18F6N4O3S/c1-13(23(25,26)27)33-38(36,37)17-9-7-14(8-10-17)20-19(21(31)35)18-11-15(24(28,29)30)12-32-22(18)34(20)16-5-3-2-4-6-16/h2-13,33H,1H3,(H2,31,35)/t13-/m1/s1. The SMILES string of the molecule is C[C@@H](NS(=O)(=O)c1ccc(-c2c(C(N)=O)c3cc(C(F)(F)F)cnc3n2-c2ccccc2)cc1)C(F)(F)F. The second-order valence-electron chi connectivity index (χ2n) is 8.26. The van der Waals surface area contributed by atoms with Gasteiger partial charge in [-0.15, -0.1) is 0 Å². The number of nitrogens with one attached hydrogen (secondary N) is 1. The molecule has 0 bridgehead atoms. The van der Waals surface area contributed by atoms with Crippen LogP contribution in [0.15, 0.2) is 71.8 Å². The van der Waals surface area contributed by atoms with Crippen molar-refractivity contribution in [1.82, 2.24) is 14.3 Å². The van der Waals surface area contributed by atoms with Gasteiger partial charge in [-0.05, 0) is 42.8 Å². The molecule has 2 heterocycles. The second kappa shape index (κ2) is 9.44. The van der Waals surface area contributed by atoms with Crippen molar-refractivity contribution < 1.29 is 39.6 Å². The Kier molecular flexibility index (Phi) is 6.74. The van der Waals surface area contributed by atoms with Gasteiger partial charge in [0, 0.05) is 17.3 Å². The van der Waals surface area contributed by atoms with Crippen molar-refractivity contribution in [3.8, 4) is 16.9 Å². The smallest absolute Gasteiger partial charge is 0.366 e. The van der Waals surface area contributed by atoms with Crippen molar-refractivity contribution in [1.29, 1.82) is 0 Å². The first-order chi connectivity index (χ1) is 17.6. The molecule has 200 valence electrons. The van der Waals surface area contributed by atoms with E-state index in [0.717, 1.165) is 18.2 Å². The lowest BCUT2D eigenvalue weighted by Crippen LogP contribution is -2.42. The molecule has 7 nitrogen and oxygen atoms in total. The van der Waals surface area contributed by atoms with Crippen LogP contribution in [-0.2, 0) is 16.2 Å². The highest BCUT2D eigenvalue weighted by Crippen LogP contribution is 2.38. The first-order valence-electron chi connectivity index (χ1n) is 10.8. The van der Waals surface area contributed by atoms with Crippen LogP contribution in [0, 0.1) is 0 Å². The van der Waals surface area contributed by atoms with Gasteiger partial charge in [0.1, 0.15) is 11.7 Å². The Hall–Kier alpha value is -3.91. The Bertz CT molecular complexity index is 1610. The number of primary amides is 1. The number of carbonyl (C=O) groups excluding carboxylic acids is 1. The summed E-state index contributed by atoms with van der Waals surface area (Å²) in [7, 11) is -4.58. The summed E-state index contributed by atoms with van der Waals surface area (Å²) >= 11 is 0. The minimum Gasteiger partial charge on any atom is -0.366 e. The van der Waals surface area contributed by atoms with Crippen molar-refractivity contribution in [3.05, 3.63) is 78.0 Å². The largest absolute Gasteiger partial charge is 0.417 e. The summed E-state index contributed by atoms with van der Waals surface area (Å²) in [5, 5.41) is -0.191. The van der Waals surface area contributed by atoms with E-state index in [0.29, 0.717) is 18.8 Å². The lowest BCUT2D eigenvalue weighted by Gasteiger charge is -2.17. The maximum absolute atomic E-state index is 13.4. The minimum absolute atomic E-state index is 0.0195. The van der Waals surface area contributed by atoms with Gasteiger partial charge in [-0.25, -0.2) is 13.4 Å². The molecular weight excluding hydrogens is 538 g/mol. The molecule has 38 heavy (non-hydrogen) atoms. The van der Waals surface area contributed by atoms with Crippen LogP contribution >= 0.6 is 0 Å². The fraction of sp³-hybridized carbons (Fsp3) is 0.167. The van der Waals surface area contributed by atoms with Crippen molar-refractivity contribution in [2.24, 2.45) is 5.73 Å². The number of hydrogen-bond donors (Lipinski definition) is 2. The van der Waals surface area contributed by atoms with Crippen molar-refractivity contribution in [3.63, 3.8) is 0 Å². The molecule has 4 rings (SSSR count). The van der Waals surface area contributed by atoms with Gasteiger partial charge in [0.2, 0.25) is 10.0 Å². The number of pyridine rings is 1. The van der Waals surface area contributed by atoms with Crippen molar-refractivity contribution in [2.45, 2.75) is 30.2 Å². The van der Waals surface area contributed by atoms with Crippen LogP contribution in [-0.4, -0.2) is 36.1 Å². The molecule has 0 saturated heterocycles. The molecule has 0 spiro atoms. The molecule has 0 fully saturated rings. The van der Waals surface area contributed by atoms with E-state index >= 15 is 0 Å². The van der Waals surface area contributed by atoms with Gasteiger partial charge in [0.15, 0.2) is 0 Å². The number of alkyl halides is 6. The number of carbonyl (C=O) groups is 1. The number of nitrogens with two attached hydrogens (primary N) is 1. The number of aromatic nitrogens is 2. The molecule has 3 N–H and O–H groups in total. The summed E-state index contributed by atoms with van der Waals surface area (Å²) in [5.41, 5.74) is 4.72. The average Bonchev–Trinajstić information content (AvgIpc) is 3.18. The zero-order chi connectivity index (χ0) is 28.0. The number of hydrogen-bond acceptors (Lipinski definition) is 4. The fourth-order valence-electron chi connectivity index (χ4n) is 3.83. The Morgan fingerprint density at radius 3 is 2.13 bits per heavy atom. The lowest BCUT2D eigenvalue weighted by molar-refractivity contribution is -0.147. The molecule has 4 aromatic rings. The Balaban J connectivity index is 1.94. The van der Waals surface area contributed by atoms with Gasteiger partial charge in [0.25, 0.3) is 5.91 Å². The highest BCUT2D eigenvalue weighted by molar-refractivity contribution is 7.89. The van der Waals surface area contributed by atoms with E-state index in [2.05, 4.69) is 4.98 Å². The van der Waals surface area contributed by atoms with E-state index in [1.807, 2.05) is 0 Å². The van der Waals surface area contributed by atoms with Gasteiger partial charge in [0.05, 0.1) is 21.7 Å². The van der Waals surface area contributed by atoms with E-state index in [1.165, 1.54) is 21.4 Å². The summed E-state index contributed by atoms with van der Waals surface area (Å²) in [6.07, 6.45) is -8.97. The predicted molar refractivity (Wildman–Crippen MR) is 126 cm³/mol. The number of amides is 1. The summed E-state index contributed by atoms with van der Waals surface area (Å²) in [6.45, 7) is 0.644. The molecule has 0 unspecified atom stereocenters. The molecule has 0 aliphatic rings. The Morgan fingerprint density at radius 1 is 1.00 bits per heavy atom. The number of rotatable bonds is 6. The third kappa shape index (κ3) is 5.09. The summed E-state index contributed by atoms with van der Waals surface area (Å²) in [5.74, 6) is -1.07. The van der Waals surface area contributed by atoms with E-state index in [1.54, 1.807) is 30.3 Å². The van der Waals surface area contributed by atoms with Crippen LogP contribution in [0.4, 0.5) is 26.3 Å². The van der Waals surface area contributed by atoms with Crippen LogP contribution in [0.25, 0.3) is 28.0 Å². The van der Waals surface area contributed by atoms with Crippen molar-refractivity contribution >= 4 is 27.0 Å². The molecule has 2 aromatic carbocycles.